The largest absolute Gasteiger partial charge is 0.375 e. The molecule has 0 aromatic heterocycles. The lowest BCUT2D eigenvalue weighted by atomic mass is 10.1. The molecule has 0 aliphatic heterocycles. The topological polar surface area (TPSA) is 67.4 Å². The smallest absolute Gasteiger partial charge is 0.250 e. The Kier molecular flexibility index (Phi) is 6.59. The predicted molar refractivity (Wildman–Crippen MR) is 90.3 cm³/mol. The average Bonchev–Trinajstić information content (AvgIpc) is 2.58. The first-order valence-electron chi connectivity index (χ1n) is 7.60. The summed E-state index contributed by atoms with van der Waals surface area (Å²) in [5.74, 6) is -2.36. The minimum Gasteiger partial charge on any atom is -0.375 e. The molecule has 132 valence electrons. The molecule has 2 aromatic carbocycles. The third kappa shape index (κ3) is 5.96. The molecule has 5 nitrogen and oxygen atoms in total. The Morgan fingerprint density at radius 1 is 0.920 bits per heavy atom. The molecule has 0 spiro atoms. The number of hydrogen-bond acceptors (Lipinski definition) is 3. The lowest BCUT2D eigenvalue weighted by molar-refractivity contribution is -0.119. The van der Waals surface area contributed by atoms with Gasteiger partial charge in [-0.2, -0.15) is 0 Å². The van der Waals surface area contributed by atoms with E-state index in [0.717, 1.165) is 12.1 Å². The summed E-state index contributed by atoms with van der Waals surface area (Å²) in [6, 6.07) is 10.2. The van der Waals surface area contributed by atoms with Crippen LogP contribution >= 0.6 is 0 Å². The standard InChI is InChI=1S/C18H18F2N2O3/c1-25-11-18(24)22-14-6-4-13(5-7-14)21-17(23)9-3-12-2-8-15(19)16(20)10-12/h2,4-8,10H,3,9,11H2,1H3,(H,21,23)(H,22,24). The number of rotatable bonds is 7. The molecule has 0 bridgehead atoms. The normalized spacial score (nSPS) is 10.4. The van der Waals surface area contributed by atoms with Crippen molar-refractivity contribution in [1.82, 2.24) is 0 Å². The Balaban J connectivity index is 1.83. The van der Waals surface area contributed by atoms with Crippen LogP contribution in [0.5, 0.6) is 0 Å². The van der Waals surface area contributed by atoms with Crippen molar-refractivity contribution < 1.29 is 23.1 Å². The van der Waals surface area contributed by atoms with E-state index in [2.05, 4.69) is 10.6 Å². The Hall–Kier alpha value is -2.80. The van der Waals surface area contributed by atoms with Gasteiger partial charge >= 0.3 is 0 Å². The average molecular weight is 348 g/mol. The van der Waals surface area contributed by atoms with E-state index in [4.69, 9.17) is 4.74 Å². The zero-order chi connectivity index (χ0) is 18.2. The number of carbonyl (C=O) groups is 2. The molecule has 2 rings (SSSR count). The van der Waals surface area contributed by atoms with Crippen LogP contribution < -0.4 is 10.6 Å². The van der Waals surface area contributed by atoms with Crippen molar-refractivity contribution in [2.75, 3.05) is 24.4 Å². The number of carbonyl (C=O) groups excluding carboxylic acids is 2. The summed E-state index contributed by atoms with van der Waals surface area (Å²) in [5.41, 5.74) is 1.70. The van der Waals surface area contributed by atoms with Crippen LogP contribution in [0.2, 0.25) is 0 Å². The molecule has 0 radical (unpaired) electrons. The molecule has 0 saturated carbocycles. The molecule has 0 aliphatic rings. The molecule has 0 heterocycles. The zero-order valence-electron chi connectivity index (χ0n) is 13.6. The van der Waals surface area contributed by atoms with Crippen LogP contribution in [0.1, 0.15) is 12.0 Å². The summed E-state index contributed by atoms with van der Waals surface area (Å²) in [4.78, 5) is 23.3. The van der Waals surface area contributed by atoms with Crippen molar-refractivity contribution in [2.45, 2.75) is 12.8 Å². The number of amides is 2. The zero-order valence-corrected chi connectivity index (χ0v) is 13.6. The third-order valence-corrected chi connectivity index (χ3v) is 3.35. The molecule has 25 heavy (non-hydrogen) atoms. The van der Waals surface area contributed by atoms with E-state index in [9.17, 15) is 18.4 Å². The van der Waals surface area contributed by atoms with Crippen molar-refractivity contribution in [2.24, 2.45) is 0 Å². The van der Waals surface area contributed by atoms with Gasteiger partial charge in [-0.1, -0.05) is 6.07 Å². The van der Waals surface area contributed by atoms with Crippen LogP contribution in [0.15, 0.2) is 42.5 Å². The number of hydrogen-bond donors (Lipinski definition) is 2. The fourth-order valence-electron chi connectivity index (χ4n) is 2.14. The van der Waals surface area contributed by atoms with Crippen molar-refractivity contribution in [3.05, 3.63) is 59.7 Å². The summed E-state index contributed by atoms with van der Waals surface area (Å²) in [6.07, 6.45) is 0.436. The second-order valence-electron chi connectivity index (χ2n) is 5.36. The number of anilines is 2. The van der Waals surface area contributed by atoms with E-state index in [-0.39, 0.29) is 24.8 Å². The second kappa shape index (κ2) is 8.89. The highest BCUT2D eigenvalue weighted by atomic mass is 19.2. The SMILES string of the molecule is COCC(=O)Nc1ccc(NC(=O)CCc2ccc(F)c(F)c2)cc1. The maximum Gasteiger partial charge on any atom is 0.250 e. The molecular formula is C18H18F2N2O3. The summed E-state index contributed by atoms with van der Waals surface area (Å²) < 4.78 is 30.7. The summed E-state index contributed by atoms with van der Waals surface area (Å²) in [6.45, 7) is -0.0392. The maximum absolute atomic E-state index is 13.1. The van der Waals surface area contributed by atoms with Crippen LogP contribution in [-0.2, 0) is 20.7 Å². The lowest BCUT2D eigenvalue weighted by Crippen LogP contribution is -2.17. The lowest BCUT2D eigenvalue weighted by Gasteiger charge is -2.08. The van der Waals surface area contributed by atoms with Crippen LogP contribution in [0.4, 0.5) is 20.2 Å². The number of nitrogens with one attached hydrogen (secondary N) is 2. The van der Waals surface area contributed by atoms with Crippen LogP contribution in [-0.4, -0.2) is 25.5 Å². The molecule has 2 amide bonds. The van der Waals surface area contributed by atoms with Crippen LogP contribution in [0.25, 0.3) is 0 Å². The molecule has 2 aromatic rings. The highest BCUT2D eigenvalue weighted by molar-refractivity contribution is 5.93. The first kappa shape index (κ1) is 18.5. The highest BCUT2D eigenvalue weighted by Crippen LogP contribution is 2.15. The van der Waals surface area contributed by atoms with Gasteiger partial charge in [-0.15, -0.1) is 0 Å². The van der Waals surface area contributed by atoms with E-state index in [1.165, 1.54) is 13.2 Å². The Bertz CT molecular complexity index is 748. The summed E-state index contributed by atoms with van der Waals surface area (Å²) in [7, 11) is 1.43. The number of benzene rings is 2. The molecule has 0 unspecified atom stereocenters. The van der Waals surface area contributed by atoms with Crippen LogP contribution in [0, 0.1) is 11.6 Å². The van der Waals surface area contributed by atoms with Gasteiger partial charge in [0.05, 0.1) is 0 Å². The Morgan fingerprint density at radius 3 is 2.08 bits per heavy atom. The predicted octanol–water partition coefficient (Wildman–Crippen LogP) is 3.12. The number of halogens is 2. The van der Waals surface area contributed by atoms with Crippen molar-refractivity contribution in [1.29, 1.82) is 0 Å². The molecule has 0 aliphatic carbocycles. The second-order valence-corrected chi connectivity index (χ2v) is 5.36. The molecular weight excluding hydrogens is 330 g/mol. The minimum atomic E-state index is -0.927. The van der Waals surface area contributed by atoms with Gasteiger partial charge in [-0.25, -0.2) is 8.78 Å². The van der Waals surface area contributed by atoms with Crippen molar-refractivity contribution in [3.63, 3.8) is 0 Å². The van der Waals surface area contributed by atoms with E-state index in [0.29, 0.717) is 23.4 Å². The van der Waals surface area contributed by atoms with E-state index in [1.807, 2.05) is 0 Å². The molecule has 0 saturated heterocycles. The number of methoxy groups -OCH3 is 1. The molecule has 7 heteroatoms. The molecule has 0 fully saturated rings. The Labute approximate surface area is 144 Å². The van der Waals surface area contributed by atoms with Gasteiger partial charge < -0.3 is 15.4 Å². The van der Waals surface area contributed by atoms with E-state index >= 15 is 0 Å². The quantitative estimate of drug-likeness (QED) is 0.808. The minimum absolute atomic E-state index is 0.0392. The van der Waals surface area contributed by atoms with E-state index < -0.39 is 11.6 Å². The number of aryl methyl sites for hydroxylation is 1. The first-order chi connectivity index (χ1) is 12.0. The van der Waals surface area contributed by atoms with Gasteiger partial charge in [0, 0.05) is 24.9 Å². The molecule has 0 atom stereocenters. The van der Waals surface area contributed by atoms with Gasteiger partial charge in [-0.05, 0) is 48.4 Å². The van der Waals surface area contributed by atoms with Gasteiger partial charge in [0.25, 0.3) is 0 Å². The van der Waals surface area contributed by atoms with Crippen molar-refractivity contribution >= 4 is 23.2 Å². The van der Waals surface area contributed by atoms with Crippen LogP contribution in [0.3, 0.4) is 0 Å². The maximum atomic E-state index is 13.1. The highest BCUT2D eigenvalue weighted by Gasteiger charge is 2.07. The first-order valence-corrected chi connectivity index (χ1v) is 7.60. The van der Waals surface area contributed by atoms with Gasteiger partial charge in [0.2, 0.25) is 11.8 Å². The summed E-state index contributed by atoms with van der Waals surface area (Å²) >= 11 is 0. The molecule has 2 N–H and O–H groups in total. The monoisotopic (exact) mass is 348 g/mol. The fraction of sp³-hybridized carbons (Fsp3) is 0.222. The van der Waals surface area contributed by atoms with Gasteiger partial charge in [0.1, 0.15) is 6.61 Å². The van der Waals surface area contributed by atoms with Gasteiger partial charge in [0.15, 0.2) is 11.6 Å². The van der Waals surface area contributed by atoms with E-state index in [1.54, 1.807) is 24.3 Å². The van der Waals surface area contributed by atoms with Crippen molar-refractivity contribution in [3.8, 4) is 0 Å². The third-order valence-electron chi connectivity index (χ3n) is 3.35. The Morgan fingerprint density at radius 2 is 1.52 bits per heavy atom. The fourth-order valence-corrected chi connectivity index (χ4v) is 2.14. The number of ether oxygens (including phenoxy) is 1. The summed E-state index contributed by atoms with van der Waals surface area (Å²) in [5, 5.41) is 5.34. The van der Waals surface area contributed by atoms with Gasteiger partial charge in [-0.3, -0.25) is 9.59 Å².